The lowest BCUT2D eigenvalue weighted by molar-refractivity contribution is 0.0592. The lowest BCUT2D eigenvalue weighted by Gasteiger charge is -2.34. The number of anilines is 1. The van der Waals surface area contributed by atoms with Crippen molar-refractivity contribution in [2.75, 3.05) is 44.7 Å². The van der Waals surface area contributed by atoms with Gasteiger partial charge in [0.05, 0.1) is 7.11 Å². The third-order valence-electron chi connectivity index (χ3n) is 3.19. The number of carbonyl (C=O) groups is 1. The zero-order valence-electron chi connectivity index (χ0n) is 10.8. The normalized spacial score (nSPS) is 16.7. The van der Waals surface area contributed by atoms with Crippen molar-refractivity contribution in [3.8, 4) is 0 Å². The summed E-state index contributed by atoms with van der Waals surface area (Å²) in [5, 5.41) is 7.96. The molecule has 0 saturated carbocycles. The number of esters is 1. The first-order valence-corrected chi connectivity index (χ1v) is 6.14. The maximum Gasteiger partial charge on any atom is 0.358 e. The maximum atomic E-state index is 11.2. The van der Waals surface area contributed by atoms with E-state index in [1.165, 1.54) is 7.11 Å². The number of methoxy groups -OCH3 is 1. The Morgan fingerprint density at radius 1 is 1.28 bits per heavy atom. The molecule has 0 radical (unpaired) electrons. The number of aromatic nitrogens is 2. The van der Waals surface area contributed by atoms with Crippen molar-refractivity contribution in [1.82, 2.24) is 15.1 Å². The highest BCUT2D eigenvalue weighted by Gasteiger charge is 2.17. The van der Waals surface area contributed by atoms with Gasteiger partial charge in [0.2, 0.25) is 0 Å². The summed E-state index contributed by atoms with van der Waals surface area (Å²) in [6.45, 7) is 7.22. The SMILES string of the molecule is CCN1CCN(c2ccc(C(=O)OC)nn2)CC1. The molecule has 18 heavy (non-hydrogen) atoms. The van der Waals surface area contributed by atoms with Gasteiger partial charge in [0.15, 0.2) is 11.5 Å². The topological polar surface area (TPSA) is 58.6 Å². The van der Waals surface area contributed by atoms with Gasteiger partial charge in [0, 0.05) is 26.2 Å². The van der Waals surface area contributed by atoms with Gasteiger partial charge >= 0.3 is 5.97 Å². The standard InChI is InChI=1S/C12H18N4O2/c1-3-15-6-8-16(9-7-15)11-5-4-10(13-14-11)12(17)18-2/h4-5H,3,6-9H2,1-2H3. The average Bonchev–Trinajstić information content (AvgIpc) is 2.47. The Morgan fingerprint density at radius 3 is 2.50 bits per heavy atom. The molecule has 0 atom stereocenters. The van der Waals surface area contributed by atoms with Gasteiger partial charge < -0.3 is 14.5 Å². The lowest BCUT2D eigenvalue weighted by Crippen LogP contribution is -2.46. The van der Waals surface area contributed by atoms with Gasteiger partial charge in [-0.3, -0.25) is 0 Å². The summed E-state index contributed by atoms with van der Waals surface area (Å²) in [5.74, 6) is 0.364. The fraction of sp³-hybridized carbons (Fsp3) is 0.583. The van der Waals surface area contributed by atoms with Gasteiger partial charge in [-0.25, -0.2) is 4.79 Å². The van der Waals surface area contributed by atoms with E-state index in [1.807, 2.05) is 6.07 Å². The van der Waals surface area contributed by atoms with Crippen molar-refractivity contribution in [2.45, 2.75) is 6.92 Å². The Balaban J connectivity index is 2.00. The Bertz CT molecular complexity index is 399. The van der Waals surface area contributed by atoms with E-state index in [9.17, 15) is 4.79 Å². The van der Waals surface area contributed by atoms with Crippen LogP contribution in [0.3, 0.4) is 0 Å². The molecule has 1 aliphatic heterocycles. The summed E-state index contributed by atoms with van der Waals surface area (Å²) >= 11 is 0. The Kier molecular flexibility index (Phi) is 4.09. The van der Waals surface area contributed by atoms with Gasteiger partial charge in [-0.05, 0) is 18.7 Å². The highest BCUT2D eigenvalue weighted by atomic mass is 16.5. The van der Waals surface area contributed by atoms with Crippen molar-refractivity contribution in [3.05, 3.63) is 17.8 Å². The Hall–Kier alpha value is -1.69. The van der Waals surface area contributed by atoms with Gasteiger partial charge in [-0.2, -0.15) is 0 Å². The summed E-state index contributed by atoms with van der Waals surface area (Å²) in [6.07, 6.45) is 0. The lowest BCUT2D eigenvalue weighted by atomic mass is 10.3. The highest BCUT2D eigenvalue weighted by molar-refractivity contribution is 5.86. The third kappa shape index (κ3) is 2.76. The zero-order chi connectivity index (χ0) is 13.0. The predicted molar refractivity (Wildman–Crippen MR) is 67.7 cm³/mol. The molecule has 1 fully saturated rings. The van der Waals surface area contributed by atoms with Crippen molar-refractivity contribution in [3.63, 3.8) is 0 Å². The quantitative estimate of drug-likeness (QED) is 0.724. The van der Waals surface area contributed by atoms with E-state index >= 15 is 0 Å². The monoisotopic (exact) mass is 250 g/mol. The second kappa shape index (κ2) is 5.77. The zero-order valence-corrected chi connectivity index (χ0v) is 10.8. The number of ether oxygens (including phenoxy) is 1. The molecule has 1 saturated heterocycles. The molecule has 0 aromatic carbocycles. The van der Waals surface area contributed by atoms with E-state index in [1.54, 1.807) is 6.07 Å². The molecule has 1 aromatic heterocycles. The smallest absolute Gasteiger partial charge is 0.358 e. The van der Waals surface area contributed by atoms with Gasteiger partial charge in [-0.15, -0.1) is 10.2 Å². The molecule has 1 aliphatic rings. The number of nitrogens with zero attached hydrogens (tertiary/aromatic N) is 4. The summed E-state index contributed by atoms with van der Waals surface area (Å²) in [5.41, 5.74) is 0.244. The van der Waals surface area contributed by atoms with Crippen LogP contribution in [-0.4, -0.2) is 60.9 Å². The van der Waals surface area contributed by atoms with E-state index in [0.717, 1.165) is 38.5 Å². The van der Waals surface area contributed by atoms with Crippen LogP contribution in [0.4, 0.5) is 5.82 Å². The molecule has 0 bridgehead atoms. The van der Waals surface area contributed by atoms with E-state index in [2.05, 4.69) is 31.7 Å². The molecule has 0 unspecified atom stereocenters. The number of piperazine rings is 1. The molecule has 6 nitrogen and oxygen atoms in total. The van der Waals surface area contributed by atoms with E-state index in [0.29, 0.717) is 0 Å². The first-order valence-electron chi connectivity index (χ1n) is 6.14. The first kappa shape index (κ1) is 12.8. The van der Waals surface area contributed by atoms with Crippen molar-refractivity contribution >= 4 is 11.8 Å². The largest absolute Gasteiger partial charge is 0.464 e. The number of hydrogen-bond donors (Lipinski definition) is 0. The van der Waals surface area contributed by atoms with Crippen LogP contribution < -0.4 is 4.90 Å². The number of likely N-dealkylation sites (N-methyl/N-ethyl adjacent to an activating group) is 1. The van der Waals surface area contributed by atoms with Crippen molar-refractivity contribution in [2.24, 2.45) is 0 Å². The number of hydrogen-bond acceptors (Lipinski definition) is 6. The minimum Gasteiger partial charge on any atom is -0.464 e. The van der Waals surface area contributed by atoms with Crippen LogP contribution in [0, 0.1) is 0 Å². The predicted octanol–water partition coefficient (Wildman–Crippen LogP) is 0.405. The molecule has 0 N–H and O–H groups in total. The van der Waals surface area contributed by atoms with E-state index < -0.39 is 5.97 Å². The average molecular weight is 250 g/mol. The number of carbonyl (C=O) groups excluding carboxylic acids is 1. The van der Waals surface area contributed by atoms with Crippen LogP contribution in [0.25, 0.3) is 0 Å². The van der Waals surface area contributed by atoms with Gasteiger partial charge in [-0.1, -0.05) is 6.92 Å². The van der Waals surface area contributed by atoms with Gasteiger partial charge in [0.25, 0.3) is 0 Å². The maximum absolute atomic E-state index is 11.2. The molecular weight excluding hydrogens is 232 g/mol. The van der Waals surface area contributed by atoms with E-state index in [4.69, 9.17) is 0 Å². The van der Waals surface area contributed by atoms with Crippen LogP contribution in [0.1, 0.15) is 17.4 Å². The van der Waals surface area contributed by atoms with Crippen molar-refractivity contribution in [1.29, 1.82) is 0 Å². The van der Waals surface area contributed by atoms with Crippen LogP contribution in [0.2, 0.25) is 0 Å². The molecule has 0 spiro atoms. The minimum atomic E-state index is -0.454. The summed E-state index contributed by atoms with van der Waals surface area (Å²) in [4.78, 5) is 15.8. The molecule has 0 amide bonds. The summed E-state index contributed by atoms with van der Waals surface area (Å²) in [6, 6.07) is 3.47. The molecule has 2 heterocycles. The van der Waals surface area contributed by atoms with Crippen LogP contribution >= 0.6 is 0 Å². The van der Waals surface area contributed by atoms with Crippen LogP contribution in [0.15, 0.2) is 12.1 Å². The summed E-state index contributed by atoms with van der Waals surface area (Å²) in [7, 11) is 1.34. The molecule has 6 heteroatoms. The highest BCUT2D eigenvalue weighted by Crippen LogP contribution is 2.12. The Labute approximate surface area is 107 Å². The second-order valence-corrected chi connectivity index (χ2v) is 4.19. The minimum absolute atomic E-state index is 0.244. The second-order valence-electron chi connectivity index (χ2n) is 4.19. The first-order chi connectivity index (χ1) is 8.74. The molecule has 1 aromatic rings. The molecule has 2 rings (SSSR count). The summed E-state index contributed by atoms with van der Waals surface area (Å²) < 4.78 is 4.59. The molecule has 0 aliphatic carbocycles. The van der Waals surface area contributed by atoms with Crippen LogP contribution in [0.5, 0.6) is 0 Å². The van der Waals surface area contributed by atoms with Crippen molar-refractivity contribution < 1.29 is 9.53 Å². The number of rotatable bonds is 3. The Morgan fingerprint density at radius 2 is 2.00 bits per heavy atom. The molecular formula is C12H18N4O2. The molecule has 98 valence electrons. The fourth-order valence-electron chi connectivity index (χ4n) is 2.00. The van der Waals surface area contributed by atoms with Gasteiger partial charge in [0.1, 0.15) is 0 Å². The van der Waals surface area contributed by atoms with E-state index in [-0.39, 0.29) is 5.69 Å². The third-order valence-corrected chi connectivity index (χ3v) is 3.19. The van der Waals surface area contributed by atoms with Crippen LogP contribution in [-0.2, 0) is 4.74 Å². The fourth-order valence-corrected chi connectivity index (χ4v) is 2.00.